The highest BCUT2D eigenvalue weighted by Gasteiger charge is 2.74. The average molecular weight is 844 g/mol. The van der Waals surface area contributed by atoms with Crippen molar-refractivity contribution < 1.29 is 43.3 Å². The summed E-state index contributed by atoms with van der Waals surface area (Å²) in [5.74, 6) is 0.219. The van der Waals surface area contributed by atoms with Crippen molar-refractivity contribution in [1.82, 2.24) is 20.2 Å². The van der Waals surface area contributed by atoms with Gasteiger partial charge in [0.05, 0.1) is 49.8 Å². The number of amides is 2. The third-order valence-electron chi connectivity index (χ3n) is 12.2. The summed E-state index contributed by atoms with van der Waals surface area (Å²) in [6.45, 7) is -0.0535. The summed E-state index contributed by atoms with van der Waals surface area (Å²) in [7, 11) is 2.33. The Bertz CT molecular complexity index is 2770. The van der Waals surface area contributed by atoms with E-state index in [1.54, 1.807) is 30.3 Å². The van der Waals surface area contributed by atoms with Crippen LogP contribution in [0.4, 0.5) is 5.69 Å². The Morgan fingerprint density at radius 1 is 0.841 bits per heavy atom. The van der Waals surface area contributed by atoms with Gasteiger partial charge in [-0.2, -0.15) is 0 Å². The van der Waals surface area contributed by atoms with Gasteiger partial charge in [-0.15, -0.1) is 0 Å². The van der Waals surface area contributed by atoms with Crippen LogP contribution in [0.2, 0.25) is 0 Å². The predicted molar refractivity (Wildman–Crippen MR) is 228 cm³/mol. The number of esters is 3. The van der Waals surface area contributed by atoms with Crippen molar-refractivity contribution >= 4 is 46.4 Å². The minimum Gasteiger partial charge on any atom is -0.508 e. The van der Waals surface area contributed by atoms with Gasteiger partial charge in [0.2, 0.25) is 11.8 Å². The largest absolute Gasteiger partial charge is 0.508 e. The van der Waals surface area contributed by atoms with Gasteiger partial charge in [0.25, 0.3) is 0 Å². The SMILES string of the molecule is COC(=O)C(CC#Cc1ccc2c(c1)C1(C(=O)N2)C(C(=O)NCc2nc3ccccc3[nH]2)C2C(=O)OC(c3ccccc3)C(c3ccccc3)N2C1c1ccc(O)cc1)C(=O)OC. The maximum Gasteiger partial charge on any atom is 0.324 e. The molecule has 2 fully saturated rings. The van der Waals surface area contributed by atoms with Crippen LogP contribution in [0, 0.1) is 23.7 Å². The number of hydrogen-bond acceptors (Lipinski definition) is 11. The number of para-hydroxylation sites is 2. The standard InChI is InChI=1S/C49H41N5O9/c1-61-45(57)33(46(58)62-2)17-11-12-28-20-25-35-34(26-28)49(48(60)53-35)39(44(56)50-27-38-51-36-18-9-10-19-37(36)52-38)41-47(59)63-42(30-15-7-4-8-16-30)40(29-13-5-3-6-14-29)54(41)43(49)31-21-23-32(55)24-22-31/h3-10,13-16,18-26,33,39-43,55H,17,27H2,1-2H3,(H,50,56)(H,51,52)(H,53,60). The maximum atomic E-state index is 15.4. The Hall–Kier alpha value is -7.76. The van der Waals surface area contributed by atoms with Crippen molar-refractivity contribution in [3.8, 4) is 17.6 Å². The molecule has 0 bridgehead atoms. The molecule has 0 saturated carbocycles. The van der Waals surface area contributed by atoms with E-state index in [4.69, 9.17) is 14.2 Å². The number of aromatic nitrogens is 2. The first kappa shape index (κ1) is 40.6. The molecule has 0 aliphatic carbocycles. The summed E-state index contributed by atoms with van der Waals surface area (Å²) < 4.78 is 16.1. The summed E-state index contributed by atoms with van der Waals surface area (Å²) in [5, 5.41) is 16.7. The van der Waals surface area contributed by atoms with Crippen LogP contribution in [-0.2, 0) is 50.1 Å². The molecule has 9 rings (SSSR count). The van der Waals surface area contributed by atoms with Gasteiger partial charge in [0.1, 0.15) is 29.1 Å². The van der Waals surface area contributed by atoms with Crippen LogP contribution in [-0.4, -0.2) is 70.0 Å². The molecule has 4 N–H and O–H groups in total. The number of hydrogen-bond donors (Lipinski definition) is 4. The lowest BCUT2D eigenvalue weighted by Gasteiger charge is -2.46. The van der Waals surface area contributed by atoms with Crippen LogP contribution < -0.4 is 10.6 Å². The number of rotatable bonds is 9. The summed E-state index contributed by atoms with van der Waals surface area (Å²) in [5.41, 5.74) is 2.87. The summed E-state index contributed by atoms with van der Waals surface area (Å²) >= 11 is 0. The van der Waals surface area contributed by atoms with Crippen molar-refractivity contribution in [2.75, 3.05) is 19.5 Å². The van der Waals surface area contributed by atoms with Gasteiger partial charge < -0.3 is 34.9 Å². The van der Waals surface area contributed by atoms with Crippen LogP contribution in [0.5, 0.6) is 5.75 Å². The zero-order chi connectivity index (χ0) is 43.8. The molecule has 4 heterocycles. The first-order valence-corrected chi connectivity index (χ1v) is 20.3. The summed E-state index contributed by atoms with van der Waals surface area (Å²) in [6, 6.07) is 34.7. The normalized spacial score (nSPS) is 22.4. The maximum absolute atomic E-state index is 15.4. The van der Waals surface area contributed by atoms with Gasteiger partial charge in [-0.3, -0.25) is 28.9 Å². The number of cyclic esters (lactones) is 1. The Morgan fingerprint density at radius 3 is 2.19 bits per heavy atom. The molecule has 14 nitrogen and oxygen atoms in total. The molecular formula is C49H41N5O9. The number of aromatic hydroxyl groups is 1. The van der Waals surface area contributed by atoms with E-state index in [2.05, 4.69) is 32.4 Å². The lowest BCUT2D eigenvalue weighted by Crippen LogP contribution is -2.54. The molecule has 5 aromatic carbocycles. The van der Waals surface area contributed by atoms with Crippen LogP contribution in [0.1, 0.15) is 58.3 Å². The van der Waals surface area contributed by atoms with Gasteiger partial charge in [-0.25, -0.2) is 4.98 Å². The van der Waals surface area contributed by atoms with Crippen LogP contribution in [0.3, 0.4) is 0 Å². The molecule has 6 unspecified atom stereocenters. The third-order valence-corrected chi connectivity index (χ3v) is 12.2. The topological polar surface area (TPSA) is 189 Å². The van der Waals surface area contributed by atoms with Crippen molar-refractivity contribution in [3.05, 3.63) is 161 Å². The van der Waals surface area contributed by atoms with E-state index in [9.17, 15) is 14.7 Å². The first-order valence-electron chi connectivity index (χ1n) is 20.3. The molecule has 2 saturated heterocycles. The number of anilines is 1. The van der Waals surface area contributed by atoms with E-state index in [-0.39, 0.29) is 18.7 Å². The molecule has 14 heteroatoms. The van der Waals surface area contributed by atoms with Crippen LogP contribution in [0.15, 0.2) is 127 Å². The number of methoxy groups -OCH3 is 2. The number of phenols is 1. The monoisotopic (exact) mass is 843 g/mol. The number of ether oxygens (including phenoxy) is 3. The fourth-order valence-corrected chi connectivity index (χ4v) is 9.50. The Morgan fingerprint density at radius 2 is 1.51 bits per heavy atom. The molecule has 6 aromatic rings. The van der Waals surface area contributed by atoms with Crippen molar-refractivity contribution in [2.24, 2.45) is 11.8 Å². The van der Waals surface area contributed by atoms with Crippen molar-refractivity contribution in [3.63, 3.8) is 0 Å². The fraction of sp³-hybridized carbons (Fsp3) is 0.224. The molecule has 316 valence electrons. The van der Waals surface area contributed by atoms with E-state index in [0.29, 0.717) is 39.3 Å². The Kier molecular flexibility index (Phi) is 10.7. The number of carbonyl (C=O) groups excluding carboxylic acids is 5. The molecule has 6 atom stereocenters. The van der Waals surface area contributed by atoms with Gasteiger partial charge in [-0.1, -0.05) is 96.8 Å². The molecule has 0 radical (unpaired) electrons. The molecule has 3 aliphatic rings. The zero-order valence-electron chi connectivity index (χ0n) is 34.1. The minimum atomic E-state index is -1.83. The van der Waals surface area contributed by atoms with Gasteiger partial charge in [0, 0.05) is 17.7 Å². The number of benzene rings is 5. The number of nitrogens with one attached hydrogen (secondary N) is 3. The number of aromatic amines is 1. The smallest absolute Gasteiger partial charge is 0.324 e. The van der Waals surface area contributed by atoms with E-state index < -0.39 is 71.2 Å². The lowest BCUT2D eigenvalue weighted by molar-refractivity contribution is -0.178. The molecule has 1 aromatic heterocycles. The van der Waals surface area contributed by atoms with E-state index >= 15 is 14.4 Å². The third kappa shape index (κ3) is 7.02. The Labute approximate surface area is 361 Å². The number of carbonyl (C=O) groups is 5. The van der Waals surface area contributed by atoms with Crippen LogP contribution in [0.25, 0.3) is 11.0 Å². The number of nitrogens with zero attached hydrogens (tertiary/aromatic N) is 2. The number of morpholine rings is 1. The number of H-pyrrole nitrogens is 1. The van der Waals surface area contributed by atoms with E-state index in [1.807, 2.05) is 89.8 Å². The lowest BCUT2D eigenvalue weighted by atomic mass is 9.65. The molecular weight excluding hydrogens is 803 g/mol. The number of fused-ring (bicyclic) bond motifs is 4. The molecule has 3 aliphatic heterocycles. The zero-order valence-corrected chi connectivity index (χ0v) is 34.1. The predicted octanol–water partition coefficient (Wildman–Crippen LogP) is 5.56. The highest BCUT2D eigenvalue weighted by Crippen LogP contribution is 2.64. The second kappa shape index (κ2) is 16.6. The number of imidazole rings is 1. The fourth-order valence-electron chi connectivity index (χ4n) is 9.50. The van der Waals surface area contributed by atoms with Gasteiger partial charge >= 0.3 is 17.9 Å². The molecule has 63 heavy (non-hydrogen) atoms. The second-order valence-electron chi connectivity index (χ2n) is 15.6. The van der Waals surface area contributed by atoms with E-state index in [0.717, 1.165) is 11.1 Å². The minimum absolute atomic E-state index is 0.0200. The number of phenolic OH excluding ortho intramolecular Hbond substituents is 1. The summed E-state index contributed by atoms with van der Waals surface area (Å²) in [4.78, 5) is 80.5. The van der Waals surface area contributed by atoms with Crippen molar-refractivity contribution in [1.29, 1.82) is 0 Å². The highest BCUT2D eigenvalue weighted by atomic mass is 16.6. The molecule has 1 spiro atoms. The highest BCUT2D eigenvalue weighted by molar-refractivity contribution is 6.12. The first-order chi connectivity index (χ1) is 30.6. The van der Waals surface area contributed by atoms with Gasteiger partial charge in [0.15, 0.2) is 5.92 Å². The summed E-state index contributed by atoms with van der Waals surface area (Å²) in [6.07, 6.45) is -1.09. The van der Waals surface area contributed by atoms with E-state index in [1.165, 1.54) is 26.4 Å². The van der Waals surface area contributed by atoms with Crippen LogP contribution >= 0.6 is 0 Å². The van der Waals surface area contributed by atoms with Crippen molar-refractivity contribution in [2.45, 2.75) is 42.6 Å². The van der Waals surface area contributed by atoms with Gasteiger partial charge in [-0.05, 0) is 64.7 Å². The molecule has 2 amide bonds. The quantitative estimate of drug-likeness (QED) is 0.0618. The Balaban J connectivity index is 1.25. The second-order valence-corrected chi connectivity index (χ2v) is 15.6. The average Bonchev–Trinajstić information content (AvgIpc) is 3.97.